The number of aromatic nitrogens is 2. The van der Waals surface area contributed by atoms with Crippen molar-refractivity contribution in [2.75, 3.05) is 20.1 Å². The second-order valence-corrected chi connectivity index (χ2v) is 8.02. The standard InChI is InChI=1S/C25H26N4O2/c1-26-24(31)25(11-5-15-29(18-25)23(30)22-8-2-3-12-28-22)17-19-6-4-7-21(16-19)20-9-13-27-14-10-20/h2-4,6-10,12-14,16H,5,11,15,17-18H2,1H3,(H,26,31). The molecule has 1 N–H and O–H groups in total. The highest BCUT2D eigenvalue weighted by atomic mass is 16.2. The molecule has 3 aromatic rings. The maximum Gasteiger partial charge on any atom is 0.272 e. The van der Waals surface area contributed by atoms with Crippen LogP contribution in [-0.2, 0) is 11.2 Å². The van der Waals surface area contributed by atoms with Crippen LogP contribution in [0.4, 0.5) is 0 Å². The van der Waals surface area contributed by atoms with Crippen molar-refractivity contribution in [2.45, 2.75) is 19.3 Å². The predicted molar refractivity (Wildman–Crippen MR) is 119 cm³/mol. The van der Waals surface area contributed by atoms with Crippen molar-refractivity contribution in [1.82, 2.24) is 20.2 Å². The van der Waals surface area contributed by atoms with Crippen molar-refractivity contribution >= 4 is 11.8 Å². The molecule has 0 bridgehead atoms. The van der Waals surface area contributed by atoms with E-state index < -0.39 is 5.41 Å². The van der Waals surface area contributed by atoms with Gasteiger partial charge in [-0.15, -0.1) is 0 Å². The number of hydrogen-bond donors (Lipinski definition) is 1. The van der Waals surface area contributed by atoms with E-state index in [-0.39, 0.29) is 11.8 Å². The summed E-state index contributed by atoms with van der Waals surface area (Å²) in [7, 11) is 1.66. The number of piperidine rings is 1. The molecule has 6 nitrogen and oxygen atoms in total. The Kier molecular flexibility index (Phi) is 6.07. The summed E-state index contributed by atoms with van der Waals surface area (Å²) in [5.74, 6) is -0.153. The van der Waals surface area contributed by atoms with Gasteiger partial charge in [-0.3, -0.25) is 19.6 Å². The number of nitrogens with one attached hydrogen (secondary N) is 1. The highest BCUT2D eigenvalue weighted by Gasteiger charge is 2.43. The first-order chi connectivity index (χ1) is 15.1. The predicted octanol–water partition coefficient (Wildman–Crippen LogP) is 3.35. The molecule has 6 heteroatoms. The van der Waals surface area contributed by atoms with Gasteiger partial charge in [0.2, 0.25) is 5.91 Å². The average molecular weight is 415 g/mol. The average Bonchev–Trinajstić information content (AvgIpc) is 2.84. The smallest absolute Gasteiger partial charge is 0.272 e. The molecule has 1 saturated heterocycles. The van der Waals surface area contributed by atoms with Gasteiger partial charge in [0.1, 0.15) is 5.69 Å². The van der Waals surface area contributed by atoms with Gasteiger partial charge in [-0.05, 0) is 60.2 Å². The minimum absolute atomic E-state index is 0.0275. The largest absolute Gasteiger partial charge is 0.359 e. The van der Waals surface area contributed by atoms with Crippen LogP contribution in [0.25, 0.3) is 11.1 Å². The van der Waals surface area contributed by atoms with Crippen LogP contribution in [0.2, 0.25) is 0 Å². The summed E-state index contributed by atoms with van der Waals surface area (Å²) < 4.78 is 0. The van der Waals surface area contributed by atoms with Gasteiger partial charge in [-0.25, -0.2) is 0 Å². The number of carbonyl (C=O) groups is 2. The van der Waals surface area contributed by atoms with Crippen LogP contribution < -0.4 is 5.32 Å². The summed E-state index contributed by atoms with van der Waals surface area (Å²) in [4.78, 5) is 36.2. The van der Waals surface area contributed by atoms with Crippen LogP contribution in [0.15, 0.2) is 73.2 Å². The molecular formula is C25H26N4O2. The Hall–Kier alpha value is -3.54. The third-order valence-corrected chi connectivity index (χ3v) is 5.94. The Morgan fingerprint density at radius 2 is 1.87 bits per heavy atom. The monoisotopic (exact) mass is 414 g/mol. The van der Waals surface area contributed by atoms with Gasteiger partial charge in [-0.2, -0.15) is 0 Å². The van der Waals surface area contributed by atoms with Crippen LogP contribution >= 0.6 is 0 Å². The Bertz CT molecular complexity index is 1060. The van der Waals surface area contributed by atoms with Gasteiger partial charge >= 0.3 is 0 Å². The maximum absolute atomic E-state index is 13.1. The molecule has 2 amide bonds. The summed E-state index contributed by atoms with van der Waals surface area (Å²) in [6.45, 7) is 1.01. The van der Waals surface area contributed by atoms with Crippen LogP contribution in [0.3, 0.4) is 0 Å². The van der Waals surface area contributed by atoms with Crippen molar-refractivity contribution in [3.63, 3.8) is 0 Å². The van der Waals surface area contributed by atoms with E-state index in [9.17, 15) is 9.59 Å². The van der Waals surface area contributed by atoms with E-state index >= 15 is 0 Å². The lowest BCUT2D eigenvalue weighted by Crippen LogP contribution is -2.54. The number of rotatable bonds is 5. The van der Waals surface area contributed by atoms with E-state index in [1.165, 1.54) is 0 Å². The lowest BCUT2D eigenvalue weighted by molar-refractivity contribution is -0.133. The van der Waals surface area contributed by atoms with Crippen LogP contribution in [0, 0.1) is 5.41 Å². The summed E-state index contributed by atoms with van der Waals surface area (Å²) in [6.07, 6.45) is 7.24. The van der Waals surface area contributed by atoms with E-state index in [0.717, 1.165) is 29.5 Å². The van der Waals surface area contributed by atoms with E-state index in [2.05, 4.69) is 33.5 Å². The number of amides is 2. The number of likely N-dealkylation sites (tertiary alicyclic amines) is 1. The summed E-state index contributed by atoms with van der Waals surface area (Å²) in [5.41, 5.74) is 2.99. The lowest BCUT2D eigenvalue weighted by atomic mass is 9.74. The van der Waals surface area contributed by atoms with Crippen LogP contribution in [-0.4, -0.2) is 46.8 Å². The van der Waals surface area contributed by atoms with Gasteiger partial charge in [0.15, 0.2) is 0 Å². The van der Waals surface area contributed by atoms with Crippen molar-refractivity contribution in [2.24, 2.45) is 5.41 Å². The number of nitrogens with zero attached hydrogens (tertiary/aromatic N) is 3. The second-order valence-electron chi connectivity index (χ2n) is 8.02. The molecule has 1 fully saturated rings. The van der Waals surface area contributed by atoms with Gasteiger partial charge in [0.05, 0.1) is 5.41 Å². The molecule has 0 spiro atoms. The molecular weight excluding hydrogens is 388 g/mol. The third kappa shape index (κ3) is 4.48. The first-order valence-electron chi connectivity index (χ1n) is 10.5. The van der Waals surface area contributed by atoms with Crippen LogP contribution in [0.5, 0.6) is 0 Å². The molecule has 3 heterocycles. The Labute approximate surface area is 182 Å². The topological polar surface area (TPSA) is 75.2 Å². The molecule has 4 rings (SSSR count). The zero-order valence-corrected chi connectivity index (χ0v) is 17.6. The molecule has 2 aromatic heterocycles. The Morgan fingerprint density at radius 3 is 2.61 bits per heavy atom. The fourth-order valence-electron chi connectivity index (χ4n) is 4.43. The normalized spacial score (nSPS) is 18.4. The molecule has 1 aliphatic heterocycles. The van der Waals surface area contributed by atoms with Gasteiger partial charge in [0.25, 0.3) is 5.91 Å². The number of pyridine rings is 2. The molecule has 1 aliphatic rings. The van der Waals surface area contributed by atoms with E-state index in [1.807, 2.05) is 18.2 Å². The Morgan fingerprint density at radius 1 is 1.03 bits per heavy atom. The van der Waals surface area contributed by atoms with Gasteiger partial charge in [0, 0.05) is 38.7 Å². The van der Waals surface area contributed by atoms with Crippen molar-refractivity contribution in [3.8, 4) is 11.1 Å². The quantitative estimate of drug-likeness (QED) is 0.695. The lowest BCUT2D eigenvalue weighted by Gasteiger charge is -2.41. The Balaban J connectivity index is 1.61. The van der Waals surface area contributed by atoms with Crippen molar-refractivity contribution in [3.05, 3.63) is 84.4 Å². The van der Waals surface area contributed by atoms with Crippen molar-refractivity contribution in [1.29, 1.82) is 0 Å². The first kappa shape index (κ1) is 20.7. The summed E-state index contributed by atoms with van der Waals surface area (Å²) in [5, 5.41) is 2.84. The molecule has 0 aliphatic carbocycles. The molecule has 0 saturated carbocycles. The molecule has 1 atom stereocenters. The zero-order valence-electron chi connectivity index (χ0n) is 17.6. The highest BCUT2D eigenvalue weighted by molar-refractivity contribution is 5.93. The number of benzene rings is 1. The second kappa shape index (κ2) is 9.08. The fraction of sp³-hybridized carbons (Fsp3) is 0.280. The SMILES string of the molecule is CNC(=O)C1(Cc2cccc(-c3ccncc3)c2)CCCN(C(=O)c2ccccn2)C1. The molecule has 31 heavy (non-hydrogen) atoms. The number of hydrogen-bond acceptors (Lipinski definition) is 4. The van der Waals surface area contributed by atoms with Crippen molar-refractivity contribution < 1.29 is 9.59 Å². The fourth-order valence-corrected chi connectivity index (χ4v) is 4.43. The summed E-state index contributed by atoms with van der Waals surface area (Å²) >= 11 is 0. The molecule has 0 radical (unpaired) electrons. The maximum atomic E-state index is 13.1. The molecule has 1 unspecified atom stereocenters. The third-order valence-electron chi connectivity index (χ3n) is 5.94. The zero-order chi connectivity index (χ0) is 21.7. The minimum atomic E-state index is -0.672. The van der Waals surface area contributed by atoms with Gasteiger partial charge in [-0.1, -0.05) is 30.3 Å². The van der Waals surface area contributed by atoms with Crippen LogP contribution in [0.1, 0.15) is 28.9 Å². The van der Waals surface area contributed by atoms with E-state index in [4.69, 9.17) is 0 Å². The molecule has 1 aromatic carbocycles. The number of carbonyl (C=O) groups excluding carboxylic acids is 2. The highest BCUT2D eigenvalue weighted by Crippen LogP contribution is 2.35. The van der Waals surface area contributed by atoms with Gasteiger partial charge < -0.3 is 10.2 Å². The van der Waals surface area contributed by atoms with E-state index in [0.29, 0.717) is 25.2 Å². The molecule has 158 valence electrons. The van der Waals surface area contributed by atoms with E-state index in [1.54, 1.807) is 48.7 Å². The first-order valence-corrected chi connectivity index (χ1v) is 10.5. The minimum Gasteiger partial charge on any atom is -0.359 e. The summed E-state index contributed by atoms with van der Waals surface area (Å²) in [6, 6.07) is 17.5.